The number of benzene rings is 3. The van der Waals surface area contributed by atoms with Crippen LogP contribution in [0.25, 0.3) is 11.4 Å². The van der Waals surface area contributed by atoms with E-state index >= 15 is 0 Å². The van der Waals surface area contributed by atoms with Crippen molar-refractivity contribution in [2.75, 3.05) is 14.2 Å². The Labute approximate surface area is 198 Å². The SMILES string of the molecule is COc1cc(OC)c(C2=CNNC(c3ccccc3)N2)cc1C1=CN=NC(c2ccccc2)N1. The molecule has 172 valence electrons. The first-order chi connectivity index (χ1) is 16.8. The van der Waals surface area contributed by atoms with E-state index in [4.69, 9.17) is 9.47 Å². The Bertz CT molecular complexity index is 1240. The van der Waals surface area contributed by atoms with Crippen molar-refractivity contribution in [3.63, 3.8) is 0 Å². The minimum Gasteiger partial charge on any atom is -0.496 e. The standard InChI is InChI=1S/C26H26N6O2/c1-33-23-14-24(34-2)20(22-16-28-32-26(30-22)18-11-7-4-8-12-18)13-19(23)21-15-27-31-25(29-21)17-9-5-3-6-10-17/h3-16,25-27,29-31H,1-2H3. The van der Waals surface area contributed by atoms with E-state index in [-0.39, 0.29) is 12.3 Å². The number of nitrogens with zero attached hydrogens (tertiary/aromatic N) is 2. The first-order valence-electron chi connectivity index (χ1n) is 11.0. The van der Waals surface area contributed by atoms with E-state index in [2.05, 4.69) is 43.8 Å². The van der Waals surface area contributed by atoms with E-state index in [1.807, 2.05) is 66.9 Å². The topological polar surface area (TPSA) is 91.3 Å². The second-order valence-electron chi connectivity index (χ2n) is 7.82. The van der Waals surface area contributed by atoms with Crippen molar-refractivity contribution in [1.82, 2.24) is 21.5 Å². The fraction of sp³-hybridized carbons (Fsp3) is 0.154. The zero-order valence-corrected chi connectivity index (χ0v) is 18.9. The number of methoxy groups -OCH3 is 2. The van der Waals surface area contributed by atoms with Crippen LogP contribution in [-0.4, -0.2) is 14.2 Å². The van der Waals surface area contributed by atoms with Gasteiger partial charge in [-0.3, -0.25) is 0 Å². The summed E-state index contributed by atoms with van der Waals surface area (Å²) in [6.07, 6.45) is 3.20. The zero-order valence-electron chi connectivity index (χ0n) is 18.9. The predicted molar refractivity (Wildman–Crippen MR) is 131 cm³/mol. The molecule has 34 heavy (non-hydrogen) atoms. The van der Waals surface area contributed by atoms with Crippen LogP contribution in [0.4, 0.5) is 0 Å². The lowest BCUT2D eigenvalue weighted by molar-refractivity contribution is 0.390. The number of hydrogen-bond acceptors (Lipinski definition) is 8. The summed E-state index contributed by atoms with van der Waals surface area (Å²) >= 11 is 0. The van der Waals surface area contributed by atoms with Crippen LogP contribution in [0.15, 0.2) is 95.4 Å². The molecule has 2 aliphatic heterocycles. The lowest BCUT2D eigenvalue weighted by atomic mass is 10.0. The molecule has 2 heterocycles. The van der Waals surface area contributed by atoms with E-state index < -0.39 is 0 Å². The van der Waals surface area contributed by atoms with Crippen LogP contribution in [-0.2, 0) is 0 Å². The van der Waals surface area contributed by atoms with Crippen molar-refractivity contribution >= 4 is 11.4 Å². The molecule has 0 amide bonds. The molecular weight excluding hydrogens is 428 g/mol. The smallest absolute Gasteiger partial charge is 0.166 e. The molecule has 2 unspecified atom stereocenters. The summed E-state index contributed by atoms with van der Waals surface area (Å²) in [5.74, 6) is 1.36. The van der Waals surface area contributed by atoms with Crippen LogP contribution in [0.5, 0.6) is 11.5 Å². The van der Waals surface area contributed by atoms with E-state index in [0.717, 1.165) is 33.6 Å². The maximum Gasteiger partial charge on any atom is 0.166 e. The highest BCUT2D eigenvalue weighted by Crippen LogP contribution is 2.38. The van der Waals surface area contributed by atoms with Gasteiger partial charge >= 0.3 is 0 Å². The lowest BCUT2D eigenvalue weighted by Crippen LogP contribution is -2.44. The zero-order chi connectivity index (χ0) is 23.3. The maximum absolute atomic E-state index is 5.72. The van der Waals surface area contributed by atoms with E-state index in [0.29, 0.717) is 11.5 Å². The number of hydrogen-bond donors (Lipinski definition) is 4. The highest BCUT2D eigenvalue weighted by atomic mass is 16.5. The second kappa shape index (κ2) is 9.68. The van der Waals surface area contributed by atoms with Gasteiger partial charge in [0.25, 0.3) is 0 Å². The molecule has 0 aliphatic carbocycles. The summed E-state index contributed by atoms with van der Waals surface area (Å²) < 4.78 is 11.4. The highest BCUT2D eigenvalue weighted by Gasteiger charge is 2.24. The fourth-order valence-electron chi connectivity index (χ4n) is 4.02. The van der Waals surface area contributed by atoms with Crippen LogP contribution in [0.2, 0.25) is 0 Å². The van der Waals surface area contributed by atoms with E-state index in [9.17, 15) is 0 Å². The monoisotopic (exact) mass is 454 g/mol. The Balaban J connectivity index is 1.49. The average Bonchev–Trinajstić information content (AvgIpc) is 2.93. The number of hydrazine groups is 1. The van der Waals surface area contributed by atoms with Crippen LogP contribution in [0.1, 0.15) is 34.6 Å². The molecule has 4 N–H and O–H groups in total. The third-order valence-corrected chi connectivity index (χ3v) is 5.76. The molecule has 5 rings (SSSR count). The van der Waals surface area contributed by atoms with Gasteiger partial charge in [-0.15, -0.1) is 0 Å². The molecule has 2 atom stereocenters. The number of rotatable bonds is 6. The molecular formula is C26H26N6O2. The van der Waals surface area contributed by atoms with Gasteiger partial charge in [-0.05, 0) is 17.2 Å². The molecule has 0 bridgehead atoms. The summed E-state index contributed by atoms with van der Waals surface area (Å²) in [6, 6.07) is 24.1. The Morgan fingerprint density at radius 2 is 1.38 bits per heavy atom. The molecule has 0 fully saturated rings. The van der Waals surface area contributed by atoms with Gasteiger partial charge in [-0.1, -0.05) is 60.7 Å². The molecule has 0 spiro atoms. The quantitative estimate of drug-likeness (QED) is 0.440. The van der Waals surface area contributed by atoms with Crippen molar-refractivity contribution in [3.05, 3.63) is 107 Å². The molecule has 8 nitrogen and oxygen atoms in total. The number of azo groups is 1. The first kappa shape index (κ1) is 21.5. The maximum atomic E-state index is 5.72. The normalized spacial score (nSPS) is 19.1. The highest BCUT2D eigenvalue weighted by molar-refractivity contribution is 5.78. The van der Waals surface area contributed by atoms with Gasteiger partial charge in [0, 0.05) is 23.4 Å². The van der Waals surface area contributed by atoms with Crippen LogP contribution in [0, 0.1) is 0 Å². The Morgan fingerprint density at radius 3 is 2.06 bits per heavy atom. The number of nitrogens with one attached hydrogen (secondary N) is 4. The van der Waals surface area contributed by atoms with E-state index in [1.165, 1.54) is 0 Å². The summed E-state index contributed by atoms with van der Waals surface area (Å²) in [5, 5.41) is 15.6. The van der Waals surface area contributed by atoms with Gasteiger partial charge in [0.05, 0.1) is 31.8 Å². The minimum absolute atomic E-state index is 0.111. The molecule has 0 saturated heterocycles. The summed E-state index contributed by atoms with van der Waals surface area (Å²) in [6.45, 7) is 0. The molecule has 3 aromatic carbocycles. The molecule has 0 aromatic heterocycles. The number of ether oxygens (including phenoxy) is 2. The molecule has 0 radical (unpaired) electrons. The fourth-order valence-corrected chi connectivity index (χ4v) is 4.02. The van der Waals surface area contributed by atoms with Crippen LogP contribution >= 0.6 is 0 Å². The van der Waals surface area contributed by atoms with Gasteiger partial charge < -0.3 is 25.5 Å². The van der Waals surface area contributed by atoms with Gasteiger partial charge in [0.2, 0.25) is 0 Å². The van der Waals surface area contributed by atoms with Crippen molar-refractivity contribution in [2.24, 2.45) is 10.2 Å². The Morgan fingerprint density at radius 1 is 0.735 bits per heavy atom. The van der Waals surface area contributed by atoms with Crippen molar-refractivity contribution in [1.29, 1.82) is 0 Å². The molecule has 2 aliphatic rings. The Hall–Kier alpha value is -4.30. The van der Waals surface area contributed by atoms with Gasteiger partial charge in [-0.2, -0.15) is 10.2 Å². The van der Waals surface area contributed by atoms with Crippen molar-refractivity contribution in [2.45, 2.75) is 12.3 Å². The van der Waals surface area contributed by atoms with Crippen molar-refractivity contribution < 1.29 is 9.47 Å². The van der Waals surface area contributed by atoms with E-state index in [1.54, 1.807) is 20.4 Å². The lowest BCUT2D eigenvalue weighted by Gasteiger charge is -2.29. The Kier molecular flexibility index (Phi) is 6.13. The predicted octanol–water partition coefficient (Wildman–Crippen LogP) is 4.45. The third-order valence-electron chi connectivity index (χ3n) is 5.76. The van der Waals surface area contributed by atoms with Gasteiger partial charge in [-0.25, -0.2) is 5.43 Å². The second-order valence-corrected chi connectivity index (χ2v) is 7.82. The third kappa shape index (κ3) is 4.31. The summed E-state index contributed by atoms with van der Waals surface area (Å²) in [5.41, 5.74) is 12.0. The van der Waals surface area contributed by atoms with Gasteiger partial charge in [0.1, 0.15) is 17.7 Å². The molecule has 8 heteroatoms. The summed E-state index contributed by atoms with van der Waals surface area (Å²) in [4.78, 5) is 0. The van der Waals surface area contributed by atoms with Gasteiger partial charge in [0.15, 0.2) is 6.17 Å². The van der Waals surface area contributed by atoms with Crippen LogP contribution < -0.4 is 31.0 Å². The minimum atomic E-state index is -0.281. The molecule has 0 saturated carbocycles. The first-order valence-corrected chi connectivity index (χ1v) is 11.0. The molecule has 3 aromatic rings. The largest absolute Gasteiger partial charge is 0.496 e. The average molecular weight is 455 g/mol. The summed E-state index contributed by atoms with van der Waals surface area (Å²) in [7, 11) is 3.30. The van der Waals surface area contributed by atoms with Crippen molar-refractivity contribution in [3.8, 4) is 11.5 Å². The van der Waals surface area contributed by atoms with Crippen LogP contribution in [0.3, 0.4) is 0 Å².